The molecule has 2 amide bonds. The SMILES string of the molecule is O=C(CNC(=O)c1ccsc1)NCC1(c2ccc(Cl)cc2)CCOCC1. The highest BCUT2D eigenvalue weighted by Gasteiger charge is 2.34. The molecule has 1 aromatic carbocycles. The summed E-state index contributed by atoms with van der Waals surface area (Å²) in [6, 6.07) is 9.50. The molecule has 3 rings (SSSR count). The first-order chi connectivity index (χ1) is 12.6. The Bertz CT molecular complexity index is 741. The molecule has 1 aromatic heterocycles. The number of carbonyl (C=O) groups excluding carboxylic acids is 2. The van der Waals surface area contributed by atoms with E-state index in [1.165, 1.54) is 11.3 Å². The molecular weight excluding hydrogens is 372 g/mol. The van der Waals surface area contributed by atoms with Crippen LogP contribution in [0.25, 0.3) is 0 Å². The molecule has 0 bridgehead atoms. The van der Waals surface area contributed by atoms with Crippen molar-refractivity contribution in [2.45, 2.75) is 18.3 Å². The van der Waals surface area contributed by atoms with Gasteiger partial charge in [0.25, 0.3) is 5.91 Å². The topological polar surface area (TPSA) is 67.4 Å². The van der Waals surface area contributed by atoms with Gasteiger partial charge in [0, 0.05) is 41.1 Å². The number of hydrogen-bond donors (Lipinski definition) is 2. The van der Waals surface area contributed by atoms with E-state index in [4.69, 9.17) is 16.3 Å². The summed E-state index contributed by atoms with van der Waals surface area (Å²) in [5, 5.41) is 9.89. The molecule has 138 valence electrons. The van der Waals surface area contributed by atoms with Crippen LogP contribution in [0.5, 0.6) is 0 Å². The van der Waals surface area contributed by atoms with Crippen LogP contribution in [-0.4, -0.2) is 38.1 Å². The zero-order valence-electron chi connectivity index (χ0n) is 14.3. The Morgan fingerprint density at radius 2 is 1.85 bits per heavy atom. The van der Waals surface area contributed by atoms with E-state index in [9.17, 15) is 9.59 Å². The third-order valence-electron chi connectivity index (χ3n) is 4.72. The van der Waals surface area contributed by atoms with Crippen LogP contribution in [0, 0.1) is 0 Å². The average molecular weight is 393 g/mol. The smallest absolute Gasteiger partial charge is 0.252 e. The summed E-state index contributed by atoms with van der Waals surface area (Å²) in [5.41, 5.74) is 1.55. The molecule has 7 heteroatoms. The van der Waals surface area contributed by atoms with E-state index in [0.717, 1.165) is 18.4 Å². The average Bonchev–Trinajstić information content (AvgIpc) is 3.20. The van der Waals surface area contributed by atoms with Crippen molar-refractivity contribution in [3.63, 3.8) is 0 Å². The van der Waals surface area contributed by atoms with Gasteiger partial charge in [0.15, 0.2) is 0 Å². The van der Waals surface area contributed by atoms with Crippen LogP contribution in [0.15, 0.2) is 41.1 Å². The van der Waals surface area contributed by atoms with Gasteiger partial charge in [-0.15, -0.1) is 0 Å². The summed E-state index contributed by atoms with van der Waals surface area (Å²) in [4.78, 5) is 24.1. The summed E-state index contributed by atoms with van der Waals surface area (Å²) < 4.78 is 5.50. The minimum absolute atomic E-state index is 0.0398. The number of rotatable bonds is 6. The summed E-state index contributed by atoms with van der Waals surface area (Å²) in [6.07, 6.45) is 1.66. The minimum atomic E-state index is -0.236. The molecule has 0 unspecified atom stereocenters. The van der Waals surface area contributed by atoms with Gasteiger partial charge in [-0.1, -0.05) is 23.7 Å². The van der Waals surface area contributed by atoms with Crippen molar-refractivity contribution in [3.05, 3.63) is 57.2 Å². The Morgan fingerprint density at radius 1 is 1.12 bits per heavy atom. The van der Waals surface area contributed by atoms with Crippen molar-refractivity contribution in [2.75, 3.05) is 26.3 Å². The second-order valence-electron chi connectivity index (χ2n) is 6.37. The lowest BCUT2D eigenvalue weighted by Gasteiger charge is -2.38. The molecule has 1 aliphatic heterocycles. The maximum Gasteiger partial charge on any atom is 0.252 e. The third-order valence-corrected chi connectivity index (χ3v) is 5.66. The molecule has 0 radical (unpaired) electrons. The van der Waals surface area contributed by atoms with Gasteiger partial charge in [0.05, 0.1) is 6.54 Å². The summed E-state index contributed by atoms with van der Waals surface area (Å²) >= 11 is 7.45. The fraction of sp³-hybridized carbons (Fsp3) is 0.368. The highest BCUT2D eigenvalue weighted by molar-refractivity contribution is 7.08. The van der Waals surface area contributed by atoms with Crippen molar-refractivity contribution >= 4 is 34.8 Å². The fourth-order valence-corrected chi connectivity index (χ4v) is 3.88. The van der Waals surface area contributed by atoms with E-state index in [1.807, 2.05) is 29.6 Å². The summed E-state index contributed by atoms with van der Waals surface area (Å²) in [5.74, 6) is -0.437. The van der Waals surface area contributed by atoms with Crippen LogP contribution in [0.1, 0.15) is 28.8 Å². The molecule has 0 saturated carbocycles. The molecule has 5 nitrogen and oxygen atoms in total. The minimum Gasteiger partial charge on any atom is -0.381 e. The van der Waals surface area contributed by atoms with E-state index in [-0.39, 0.29) is 23.8 Å². The van der Waals surface area contributed by atoms with Gasteiger partial charge in [-0.2, -0.15) is 11.3 Å². The molecule has 26 heavy (non-hydrogen) atoms. The molecule has 2 aromatic rings. The van der Waals surface area contributed by atoms with E-state index in [1.54, 1.807) is 11.4 Å². The number of ether oxygens (including phenoxy) is 1. The van der Waals surface area contributed by atoms with Crippen LogP contribution >= 0.6 is 22.9 Å². The first-order valence-electron chi connectivity index (χ1n) is 8.50. The standard InChI is InChI=1S/C19H21ClN2O3S/c20-16-3-1-15(2-4-16)19(6-8-25-9-7-19)13-22-17(23)11-21-18(24)14-5-10-26-12-14/h1-5,10,12H,6-9,11,13H2,(H,21,24)(H,22,23). The van der Waals surface area contributed by atoms with Gasteiger partial charge >= 0.3 is 0 Å². The number of halogens is 1. The Labute approximate surface area is 161 Å². The zero-order valence-corrected chi connectivity index (χ0v) is 15.9. The van der Waals surface area contributed by atoms with Crippen molar-refractivity contribution < 1.29 is 14.3 Å². The van der Waals surface area contributed by atoms with E-state index >= 15 is 0 Å². The molecule has 1 fully saturated rings. The van der Waals surface area contributed by atoms with E-state index in [0.29, 0.717) is 30.3 Å². The van der Waals surface area contributed by atoms with Crippen LogP contribution in [0.2, 0.25) is 5.02 Å². The largest absolute Gasteiger partial charge is 0.381 e. The van der Waals surface area contributed by atoms with Crippen molar-refractivity contribution in [2.24, 2.45) is 0 Å². The molecule has 0 aliphatic carbocycles. The van der Waals surface area contributed by atoms with Gasteiger partial charge in [-0.05, 0) is 42.0 Å². The Morgan fingerprint density at radius 3 is 2.50 bits per heavy atom. The number of benzene rings is 1. The van der Waals surface area contributed by atoms with Crippen LogP contribution in [0.4, 0.5) is 0 Å². The van der Waals surface area contributed by atoms with Gasteiger partial charge in [0.1, 0.15) is 0 Å². The maximum absolute atomic E-state index is 12.2. The fourth-order valence-electron chi connectivity index (χ4n) is 3.12. The second-order valence-corrected chi connectivity index (χ2v) is 7.59. The molecule has 2 heterocycles. The maximum atomic E-state index is 12.2. The van der Waals surface area contributed by atoms with Crippen molar-refractivity contribution in [3.8, 4) is 0 Å². The highest BCUT2D eigenvalue weighted by Crippen LogP contribution is 2.34. The van der Waals surface area contributed by atoms with Crippen LogP contribution in [0.3, 0.4) is 0 Å². The first kappa shape index (κ1) is 18.9. The number of thiophene rings is 1. The van der Waals surface area contributed by atoms with E-state index in [2.05, 4.69) is 10.6 Å². The first-order valence-corrected chi connectivity index (χ1v) is 9.82. The number of hydrogen-bond acceptors (Lipinski definition) is 4. The Balaban J connectivity index is 1.58. The number of carbonyl (C=O) groups is 2. The zero-order chi connectivity index (χ0) is 18.4. The van der Waals surface area contributed by atoms with Crippen molar-refractivity contribution in [1.82, 2.24) is 10.6 Å². The molecule has 1 aliphatic rings. The molecule has 2 N–H and O–H groups in total. The summed E-state index contributed by atoms with van der Waals surface area (Å²) in [7, 11) is 0. The number of amides is 2. The van der Waals surface area contributed by atoms with Crippen molar-refractivity contribution in [1.29, 1.82) is 0 Å². The normalized spacial score (nSPS) is 16.0. The molecular formula is C19H21ClN2O3S. The molecule has 1 saturated heterocycles. The lowest BCUT2D eigenvalue weighted by atomic mass is 9.74. The quantitative estimate of drug-likeness (QED) is 0.794. The monoisotopic (exact) mass is 392 g/mol. The summed E-state index contributed by atoms with van der Waals surface area (Å²) in [6.45, 7) is 1.79. The van der Waals surface area contributed by atoms with Gasteiger partial charge in [-0.3, -0.25) is 9.59 Å². The van der Waals surface area contributed by atoms with Crippen LogP contribution in [-0.2, 0) is 14.9 Å². The Hall–Kier alpha value is -1.89. The second kappa shape index (κ2) is 8.66. The van der Waals surface area contributed by atoms with Gasteiger partial charge in [0.2, 0.25) is 5.91 Å². The molecule has 0 atom stereocenters. The van der Waals surface area contributed by atoms with Gasteiger partial charge in [-0.25, -0.2) is 0 Å². The Kier molecular flexibility index (Phi) is 6.29. The lowest BCUT2D eigenvalue weighted by molar-refractivity contribution is -0.120. The lowest BCUT2D eigenvalue weighted by Crippen LogP contribution is -2.47. The molecule has 0 spiro atoms. The highest BCUT2D eigenvalue weighted by atomic mass is 35.5. The number of nitrogens with one attached hydrogen (secondary N) is 2. The van der Waals surface area contributed by atoms with E-state index < -0.39 is 0 Å². The third kappa shape index (κ3) is 4.63. The predicted molar refractivity (Wildman–Crippen MR) is 103 cm³/mol. The van der Waals surface area contributed by atoms with Crippen LogP contribution < -0.4 is 10.6 Å². The van der Waals surface area contributed by atoms with Gasteiger partial charge < -0.3 is 15.4 Å². The predicted octanol–water partition coefficient (Wildman–Crippen LogP) is 3.00.